The van der Waals surface area contributed by atoms with Gasteiger partial charge in [0.1, 0.15) is 0 Å². The first kappa shape index (κ1) is 6.62. The van der Waals surface area contributed by atoms with Crippen molar-refractivity contribution in [3.63, 3.8) is 0 Å². The monoisotopic (exact) mass is 141 g/mol. The molecule has 2 nitrogen and oxygen atoms in total. The molecule has 2 saturated heterocycles. The maximum Gasteiger partial charge on any atom is 0.0728 e. The number of nitrogens with one attached hydrogen (secondary N) is 1. The van der Waals surface area contributed by atoms with Crippen LogP contribution in [-0.2, 0) is 4.74 Å². The average molecular weight is 141 g/mol. The molecule has 10 heavy (non-hydrogen) atoms. The van der Waals surface area contributed by atoms with Crippen LogP contribution in [-0.4, -0.2) is 25.3 Å². The average Bonchev–Trinajstić information content (AvgIpc) is 2.28. The summed E-state index contributed by atoms with van der Waals surface area (Å²) in [5.74, 6) is 0. The van der Waals surface area contributed by atoms with Crippen LogP contribution in [0, 0.1) is 0 Å². The van der Waals surface area contributed by atoms with E-state index in [-0.39, 0.29) is 0 Å². The molecular formula is C8H15NO. The summed E-state index contributed by atoms with van der Waals surface area (Å²) >= 11 is 0. The number of hydrogen-bond acceptors (Lipinski definition) is 2. The van der Waals surface area contributed by atoms with Gasteiger partial charge in [-0.3, -0.25) is 0 Å². The standard InChI is InChI=1S/C8H15NO/c1-2-5-9-7-4-6-10-8(7)3-1/h7-9H,1-6H2. The summed E-state index contributed by atoms with van der Waals surface area (Å²) in [7, 11) is 0. The first-order valence-electron chi connectivity index (χ1n) is 4.32. The lowest BCUT2D eigenvalue weighted by Gasteiger charge is -2.14. The Morgan fingerprint density at radius 2 is 2.20 bits per heavy atom. The largest absolute Gasteiger partial charge is 0.377 e. The normalized spacial score (nSPS) is 40.8. The summed E-state index contributed by atoms with van der Waals surface area (Å²) in [4.78, 5) is 0. The van der Waals surface area contributed by atoms with Gasteiger partial charge in [-0.15, -0.1) is 0 Å². The predicted molar refractivity (Wildman–Crippen MR) is 40.0 cm³/mol. The molecule has 2 heteroatoms. The number of rotatable bonds is 0. The van der Waals surface area contributed by atoms with Gasteiger partial charge in [0.15, 0.2) is 0 Å². The molecule has 2 aliphatic heterocycles. The maximum atomic E-state index is 5.57. The molecule has 0 amide bonds. The second-order valence-electron chi connectivity index (χ2n) is 3.25. The Hall–Kier alpha value is -0.0800. The number of ether oxygens (including phenoxy) is 1. The van der Waals surface area contributed by atoms with E-state index < -0.39 is 0 Å². The Bertz CT molecular complexity index is 104. The molecule has 1 N–H and O–H groups in total. The molecule has 0 saturated carbocycles. The third kappa shape index (κ3) is 1.18. The van der Waals surface area contributed by atoms with Crippen molar-refractivity contribution in [3.05, 3.63) is 0 Å². The second-order valence-corrected chi connectivity index (χ2v) is 3.25. The highest BCUT2D eigenvalue weighted by Gasteiger charge is 2.28. The Morgan fingerprint density at radius 1 is 1.20 bits per heavy atom. The molecule has 0 aromatic rings. The summed E-state index contributed by atoms with van der Waals surface area (Å²) in [6.45, 7) is 2.17. The van der Waals surface area contributed by atoms with Gasteiger partial charge in [0.25, 0.3) is 0 Å². The van der Waals surface area contributed by atoms with E-state index in [0.29, 0.717) is 12.1 Å². The highest BCUT2D eigenvalue weighted by molar-refractivity contribution is 4.84. The molecule has 2 rings (SSSR count). The Morgan fingerprint density at radius 3 is 3.20 bits per heavy atom. The van der Waals surface area contributed by atoms with Gasteiger partial charge in [0.05, 0.1) is 6.10 Å². The summed E-state index contributed by atoms with van der Waals surface area (Å²) in [6.07, 6.45) is 5.72. The van der Waals surface area contributed by atoms with Crippen LogP contribution < -0.4 is 5.32 Å². The molecule has 2 atom stereocenters. The predicted octanol–water partition coefficient (Wildman–Crippen LogP) is 0.917. The third-order valence-corrected chi connectivity index (χ3v) is 2.53. The minimum Gasteiger partial charge on any atom is -0.377 e. The Balaban J connectivity index is 1.95. The van der Waals surface area contributed by atoms with Crippen LogP contribution in [0.5, 0.6) is 0 Å². The first-order chi connectivity index (χ1) is 4.97. The molecule has 0 aromatic heterocycles. The van der Waals surface area contributed by atoms with Crippen molar-refractivity contribution in [3.8, 4) is 0 Å². The lowest BCUT2D eigenvalue weighted by molar-refractivity contribution is 0.0950. The molecule has 0 bridgehead atoms. The van der Waals surface area contributed by atoms with Crippen LogP contribution in [0.4, 0.5) is 0 Å². The van der Waals surface area contributed by atoms with Crippen molar-refractivity contribution in [1.29, 1.82) is 0 Å². The molecule has 58 valence electrons. The smallest absolute Gasteiger partial charge is 0.0728 e. The number of fused-ring (bicyclic) bond motifs is 1. The van der Waals surface area contributed by atoms with Crippen LogP contribution in [0.2, 0.25) is 0 Å². The highest BCUT2D eigenvalue weighted by Crippen LogP contribution is 2.20. The van der Waals surface area contributed by atoms with Crippen molar-refractivity contribution < 1.29 is 4.74 Å². The second kappa shape index (κ2) is 2.89. The fourth-order valence-corrected chi connectivity index (χ4v) is 1.92. The van der Waals surface area contributed by atoms with E-state index in [0.717, 1.165) is 6.61 Å². The van der Waals surface area contributed by atoms with Crippen LogP contribution >= 0.6 is 0 Å². The van der Waals surface area contributed by atoms with Gasteiger partial charge in [-0.05, 0) is 32.2 Å². The fourth-order valence-electron chi connectivity index (χ4n) is 1.92. The van der Waals surface area contributed by atoms with Crippen LogP contribution in [0.25, 0.3) is 0 Å². The summed E-state index contributed by atoms with van der Waals surface area (Å²) < 4.78 is 5.57. The SMILES string of the molecule is C1CCC2OCCC2NC1. The zero-order chi connectivity index (χ0) is 6.81. The van der Waals surface area contributed by atoms with Gasteiger partial charge in [0.2, 0.25) is 0 Å². The van der Waals surface area contributed by atoms with E-state index in [4.69, 9.17) is 4.74 Å². The van der Waals surface area contributed by atoms with Crippen LogP contribution in [0.1, 0.15) is 25.7 Å². The third-order valence-electron chi connectivity index (χ3n) is 2.53. The van der Waals surface area contributed by atoms with Crippen molar-refractivity contribution in [2.75, 3.05) is 13.2 Å². The Labute approximate surface area is 61.9 Å². The molecule has 2 heterocycles. The van der Waals surface area contributed by atoms with Gasteiger partial charge in [-0.1, -0.05) is 0 Å². The van der Waals surface area contributed by atoms with Crippen LogP contribution in [0.15, 0.2) is 0 Å². The van der Waals surface area contributed by atoms with Gasteiger partial charge in [0, 0.05) is 12.6 Å². The van der Waals surface area contributed by atoms with E-state index in [9.17, 15) is 0 Å². The van der Waals surface area contributed by atoms with Crippen molar-refractivity contribution in [1.82, 2.24) is 5.32 Å². The van der Waals surface area contributed by atoms with E-state index in [1.807, 2.05) is 0 Å². The lowest BCUT2D eigenvalue weighted by atomic mass is 10.1. The molecule has 0 spiro atoms. The molecule has 2 aliphatic rings. The molecule has 0 aliphatic carbocycles. The molecule has 0 radical (unpaired) electrons. The number of hydrogen-bond donors (Lipinski definition) is 1. The molecular weight excluding hydrogens is 126 g/mol. The molecule has 2 fully saturated rings. The van der Waals surface area contributed by atoms with Gasteiger partial charge in [-0.25, -0.2) is 0 Å². The summed E-state index contributed by atoms with van der Waals surface area (Å²) in [6, 6.07) is 0.683. The van der Waals surface area contributed by atoms with Crippen molar-refractivity contribution in [2.24, 2.45) is 0 Å². The quantitative estimate of drug-likeness (QED) is 0.541. The molecule has 2 unspecified atom stereocenters. The van der Waals surface area contributed by atoms with Gasteiger partial charge < -0.3 is 10.1 Å². The van der Waals surface area contributed by atoms with E-state index in [1.54, 1.807) is 0 Å². The highest BCUT2D eigenvalue weighted by atomic mass is 16.5. The maximum absolute atomic E-state index is 5.57. The lowest BCUT2D eigenvalue weighted by Crippen LogP contribution is -2.34. The minimum atomic E-state index is 0.544. The van der Waals surface area contributed by atoms with Crippen molar-refractivity contribution in [2.45, 2.75) is 37.8 Å². The van der Waals surface area contributed by atoms with E-state index in [1.165, 1.54) is 32.2 Å². The first-order valence-corrected chi connectivity index (χ1v) is 4.32. The zero-order valence-corrected chi connectivity index (χ0v) is 6.31. The van der Waals surface area contributed by atoms with Gasteiger partial charge >= 0.3 is 0 Å². The zero-order valence-electron chi connectivity index (χ0n) is 6.31. The topological polar surface area (TPSA) is 21.3 Å². The minimum absolute atomic E-state index is 0.544. The fraction of sp³-hybridized carbons (Fsp3) is 1.00. The van der Waals surface area contributed by atoms with Crippen LogP contribution in [0.3, 0.4) is 0 Å². The Kier molecular flexibility index (Phi) is 1.91. The van der Waals surface area contributed by atoms with E-state index in [2.05, 4.69) is 5.32 Å². The summed E-state index contributed by atoms with van der Waals surface area (Å²) in [5.41, 5.74) is 0. The molecule has 0 aromatic carbocycles. The summed E-state index contributed by atoms with van der Waals surface area (Å²) in [5, 5.41) is 3.52. The van der Waals surface area contributed by atoms with Crippen molar-refractivity contribution >= 4 is 0 Å². The van der Waals surface area contributed by atoms with Gasteiger partial charge in [-0.2, -0.15) is 0 Å². The van der Waals surface area contributed by atoms with E-state index >= 15 is 0 Å².